The van der Waals surface area contributed by atoms with E-state index < -0.39 is 0 Å². The molecule has 1 aliphatic carbocycles. The lowest BCUT2D eigenvalue weighted by molar-refractivity contribution is -0.184. The zero-order chi connectivity index (χ0) is 13.4. The van der Waals surface area contributed by atoms with E-state index in [1.807, 2.05) is 0 Å². The van der Waals surface area contributed by atoms with E-state index in [0.29, 0.717) is 5.92 Å². The van der Waals surface area contributed by atoms with Crippen LogP contribution in [0.3, 0.4) is 0 Å². The Morgan fingerprint density at radius 1 is 1.11 bits per heavy atom. The van der Waals surface area contributed by atoms with Crippen LogP contribution in [0.15, 0.2) is 0 Å². The Hall–Kier alpha value is -0.120. The molecule has 2 aliphatic rings. The molecule has 2 rings (SSSR count). The lowest BCUT2D eigenvalue weighted by Crippen LogP contribution is -2.58. The number of aliphatic hydroxyl groups is 1. The summed E-state index contributed by atoms with van der Waals surface area (Å²) in [6, 6.07) is 0. The normalized spacial score (nSPS) is 30.5. The molecule has 0 aromatic carbocycles. The maximum atomic E-state index is 10.4. The number of aliphatic hydroxyl groups excluding tert-OH is 1. The third-order valence-corrected chi connectivity index (χ3v) is 4.15. The molecule has 1 unspecified atom stereocenters. The fourth-order valence-corrected chi connectivity index (χ4v) is 3.83. The lowest BCUT2D eigenvalue weighted by Gasteiger charge is -2.47. The molecule has 3 nitrogen and oxygen atoms in total. The standard InChI is InChI=1S/C15H29NO2/c1-14(2)10-16(11-15(3,4)18-14)9-13(17)12-7-5-6-8-12/h12-13,17H,5-11H2,1-4H3. The second-order valence-corrected chi connectivity index (χ2v) is 7.40. The number of hydrogen-bond acceptors (Lipinski definition) is 3. The number of β-amino-alcohol motifs (C(OH)–C–C–N with tert-alkyl or cyclic N) is 1. The van der Waals surface area contributed by atoms with Crippen molar-refractivity contribution in [3.63, 3.8) is 0 Å². The van der Waals surface area contributed by atoms with Crippen LogP contribution in [0.25, 0.3) is 0 Å². The van der Waals surface area contributed by atoms with Gasteiger partial charge in [-0.3, -0.25) is 4.90 Å². The summed E-state index contributed by atoms with van der Waals surface area (Å²) >= 11 is 0. The second-order valence-electron chi connectivity index (χ2n) is 7.40. The zero-order valence-electron chi connectivity index (χ0n) is 12.4. The second kappa shape index (κ2) is 5.10. The third kappa shape index (κ3) is 3.69. The number of rotatable bonds is 3. The molecule has 2 fully saturated rings. The monoisotopic (exact) mass is 255 g/mol. The Bertz CT molecular complexity index is 266. The Kier molecular flexibility index (Phi) is 4.05. The molecule has 1 saturated carbocycles. The lowest BCUT2D eigenvalue weighted by atomic mass is 9.96. The Morgan fingerprint density at radius 2 is 1.61 bits per heavy atom. The van der Waals surface area contributed by atoms with Crippen molar-refractivity contribution in [3.05, 3.63) is 0 Å². The third-order valence-electron chi connectivity index (χ3n) is 4.15. The quantitative estimate of drug-likeness (QED) is 0.840. The Labute approximate surface area is 112 Å². The first-order valence-electron chi connectivity index (χ1n) is 7.38. The van der Waals surface area contributed by atoms with Crippen molar-refractivity contribution in [2.45, 2.75) is 70.7 Å². The SMILES string of the molecule is CC1(C)CN(CC(O)C2CCCC2)CC(C)(C)O1. The van der Waals surface area contributed by atoms with E-state index in [9.17, 15) is 5.11 Å². The van der Waals surface area contributed by atoms with Crippen molar-refractivity contribution in [3.8, 4) is 0 Å². The van der Waals surface area contributed by atoms with E-state index in [1.54, 1.807) is 0 Å². The highest BCUT2D eigenvalue weighted by atomic mass is 16.5. The topological polar surface area (TPSA) is 32.7 Å². The fraction of sp³-hybridized carbons (Fsp3) is 1.00. The highest BCUT2D eigenvalue weighted by molar-refractivity contribution is 4.90. The molecule has 3 heteroatoms. The van der Waals surface area contributed by atoms with Crippen molar-refractivity contribution in [2.24, 2.45) is 5.92 Å². The van der Waals surface area contributed by atoms with Crippen molar-refractivity contribution >= 4 is 0 Å². The minimum atomic E-state index is -0.155. The van der Waals surface area contributed by atoms with Crippen LogP contribution < -0.4 is 0 Å². The van der Waals surface area contributed by atoms with Gasteiger partial charge in [-0.15, -0.1) is 0 Å². The molecular formula is C15H29NO2. The van der Waals surface area contributed by atoms with Crippen molar-refractivity contribution in [1.29, 1.82) is 0 Å². The summed E-state index contributed by atoms with van der Waals surface area (Å²) in [5.41, 5.74) is -0.228. The first kappa shape index (κ1) is 14.3. The van der Waals surface area contributed by atoms with Gasteiger partial charge in [0, 0.05) is 19.6 Å². The molecule has 0 aromatic rings. The number of ether oxygens (including phenoxy) is 1. The van der Waals surface area contributed by atoms with Gasteiger partial charge in [0.2, 0.25) is 0 Å². The van der Waals surface area contributed by atoms with Gasteiger partial charge in [0.1, 0.15) is 0 Å². The van der Waals surface area contributed by atoms with Gasteiger partial charge < -0.3 is 9.84 Å². The largest absolute Gasteiger partial charge is 0.392 e. The summed E-state index contributed by atoms with van der Waals surface area (Å²) in [5, 5.41) is 10.4. The van der Waals surface area contributed by atoms with Crippen LogP contribution in [0, 0.1) is 5.92 Å². The molecular weight excluding hydrogens is 226 g/mol. The average molecular weight is 255 g/mol. The van der Waals surface area contributed by atoms with Gasteiger partial charge in [0.05, 0.1) is 17.3 Å². The summed E-state index contributed by atoms with van der Waals surface area (Å²) in [5.74, 6) is 0.527. The maximum Gasteiger partial charge on any atom is 0.0760 e. The van der Waals surface area contributed by atoms with E-state index >= 15 is 0 Å². The van der Waals surface area contributed by atoms with E-state index in [2.05, 4.69) is 32.6 Å². The first-order valence-corrected chi connectivity index (χ1v) is 7.38. The van der Waals surface area contributed by atoms with Crippen molar-refractivity contribution in [2.75, 3.05) is 19.6 Å². The molecule has 0 radical (unpaired) electrons. The molecule has 1 aliphatic heterocycles. The molecule has 18 heavy (non-hydrogen) atoms. The summed E-state index contributed by atoms with van der Waals surface area (Å²) < 4.78 is 6.08. The van der Waals surface area contributed by atoms with Crippen LogP contribution in [0.2, 0.25) is 0 Å². The van der Waals surface area contributed by atoms with Gasteiger partial charge in [-0.25, -0.2) is 0 Å². The summed E-state index contributed by atoms with van der Waals surface area (Å²) in [6.45, 7) is 11.2. The van der Waals surface area contributed by atoms with Crippen LogP contribution in [0.5, 0.6) is 0 Å². The molecule has 1 N–H and O–H groups in total. The van der Waals surface area contributed by atoms with E-state index in [0.717, 1.165) is 19.6 Å². The molecule has 1 saturated heterocycles. The summed E-state index contributed by atoms with van der Waals surface area (Å²) in [7, 11) is 0. The predicted molar refractivity (Wildman–Crippen MR) is 73.6 cm³/mol. The zero-order valence-corrected chi connectivity index (χ0v) is 12.4. The van der Waals surface area contributed by atoms with Crippen molar-refractivity contribution in [1.82, 2.24) is 4.90 Å². The Morgan fingerprint density at radius 3 is 2.11 bits per heavy atom. The van der Waals surface area contributed by atoms with Crippen LogP contribution in [0.4, 0.5) is 0 Å². The van der Waals surface area contributed by atoms with Gasteiger partial charge in [-0.2, -0.15) is 0 Å². The minimum Gasteiger partial charge on any atom is -0.392 e. The van der Waals surface area contributed by atoms with Crippen LogP contribution in [-0.2, 0) is 4.74 Å². The fourth-order valence-electron chi connectivity index (χ4n) is 3.83. The number of nitrogens with zero attached hydrogens (tertiary/aromatic N) is 1. The molecule has 1 heterocycles. The minimum absolute atomic E-state index is 0.114. The average Bonchev–Trinajstić information content (AvgIpc) is 2.63. The molecule has 0 amide bonds. The van der Waals surface area contributed by atoms with Crippen LogP contribution in [0.1, 0.15) is 53.4 Å². The van der Waals surface area contributed by atoms with E-state index in [1.165, 1.54) is 25.7 Å². The number of hydrogen-bond donors (Lipinski definition) is 1. The van der Waals surface area contributed by atoms with Crippen LogP contribution >= 0.6 is 0 Å². The van der Waals surface area contributed by atoms with Crippen molar-refractivity contribution < 1.29 is 9.84 Å². The van der Waals surface area contributed by atoms with Gasteiger partial charge in [0.25, 0.3) is 0 Å². The highest BCUT2D eigenvalue weighted by Crippen LogP contribution is 2.31. The number of morpholine rings is 1. The smallest absolute Gasteiger partial charge is 0.0760 e. The molecule has 0 aromatic heterocycles. The summed E-state index contributed by atoms with van der Waals surface area (Å²) in [6.07, 6.45) is 4.84. The molecule has 0 bridgehead atoms. The predicted octanol–water partition coefficient (Wildman–Crippen LogP) is 2.43. The Balaban J connectivity index is 1.91. The van der Waals surface area contributed by atoms with E-state index in [-0.39, 0.29) is 17.3 Å². The first-order chi connectivity index (χ1) is 8.27. The summed E-state index contributed by atoms with van der Waals surface area (Å²) in [4.78, 5) is 2.38. The van der Waals surface area contributed by atoms with Gasteiger partial charge in [-0.05, 0) is 46.5 Å². The molecule has 0 spiro atoms. The molecule has 106 valence electrons. The molecule has 1 atom stereocenters. The highest BCUT2D eigenvalue weighted by Gasteiger charge is 2.39. The van der Waals surface area contributed by atoms with Gasteiger partial charge >= 0.3 is 0 Å². The van der Waals surface area contributed by atoms with Gasteiger partial charge in [0.15, 0.2) is 0 Å². The van der Waals surface area contributed by atoms with Gasteiger partial charge in [-0.1, -0.05) is 12.8 Å². The maximum absolute atomic E-state index is 10.4. The van der Waals surface area contributed by atoms with E-state index in [4.69, 9.17) is 4.74 Å². The van der Waals surface area contributed by atoms with Crippen LogP contribution in [-0.4, -0.2) is 46.9 Å².